The summed E-state index contributed by atoms with van der Waals surface area (Å²) in [5, 5.41) is 0. The molecule has 0 aliphatic heterocycles. The molecular formula is C18H10Br8O. The molecule has 0 N–H and O–H groups in total. The van der Waals surface area contributed by atoms with Gasteiger partial charge in [-0.1, -0.05) is 44.0 Å². The molecule has 0 aliphatic rings. The highest BCUT2D eigenvalue weighted by Crippen LogP contribution is 2.46. The molecule has 144 valence electrons. The van der Waals surface area contributed by atoms with Crippen LogP contribution >= 0.6 is 127 Å². The standard InChI is InChI=1S/C18H10Br8O/c19-5-1-3-9-7-11(15(23)17(25)13(9)21)27-12-8-10(4-2-6-20)14(22)18(26)16(12)24/h1-2,5-8H,3-4H2. The van der Waals surface area contributed by atoms with E-state index in [-0.39, 0.29) is 0 Å². The third-order valence-corrected chi connectivity index (χ3v) is 11.3. The molecule has 0 bridgehead atoms. The molecular weight excluding hydrogens is 871 g/mol. The molecule has 0 spiro atoms. The summed E-state index contributed by atoms with van der Waals surface area (Å²) in [5.74, 6) is 1.44. The van der Waals surface area contributed by atoms with E-state index in [1.54, 1.807) is 0 Å². The van der Waals surface area contributed by atoms with Gasteiger partial charge in [0.25, 0.3) is 0 Å². The third-order valence-electron chi connectivity index (χ3n) is 3.45. The maximum Gasteiger partial charge on any atom is 0.143 e. The normalized spacial score (nSPS) is 11.7. The minimum atomic E-state index is 0.722. The predicted octanol–water partition coefficient (Wildman–Crippen LogP) is 11.0. The molecule has 2 aromatic rings. The van der Waals surface area contributed by atoms with Gasteiger partial charge >= 0.3 is 0 Å². The van der Waals surface area contributed by atoms with Crippen LogP contribution in [0.2, 0.25) is 0 Å². The molecule has 2 aromatic carbocycles. The second-order valence-electron chi connectivity index (χ2n) is 5.19. The Morgan fingerprint density at radius 2 is 0.963 bits per heavy atom. The van der Waals surface area contributed by atoms with Gasteiger partial charge in [-0.05, 0) is 142 Å². The van der Waals surface area contributed by atoms with Crippen LogP contribution in [-0.4, -0.2) is 0 Å². The van der Waals surface area contributed by atoms with E-state index in [9.17, 15) is 0 Å². The fourth-order valence-corrected chi connectivity index (χ4v) is 5.71. The van der Waals surface area contributed by atoms with E-state index < -0.39 is 0 Å². The van der Waals surface area contributed by atoms with Crippen LogP contribution < -0.4 is 4.74 Å². The predicted molar refractivity (Wildman–Crippen MR) is 143 cm³/mol. The molecule has 0 heterocycles. The Hall–Kier alpha value is 1.56. The van der Waals surface area contributed by atoms with Crippen LogP contribution in [0.5, 0.6) is 11.5 Å². The number of rotatable bonds is 6. The Morgan fingerprint density at radius 3 is 1.30 bits per heavy atom. The summed E-state index contributed by atoms with van der Waals surface area (Å²) in [4.78, 5) is 3.70. The number of benzene rings is 2. The van der Waals surface area contributed by atoms with Crippen molar-refractivity contribution >= 4 is 127 Å². The lowest BCUT2D eigenvalue weighted by Crippen LogP contribution is -1.95. The molecule has 27 heavy (non-hydrogen) atoms. The van der Waals surface area contributed by atoms with E-state index in [1.165, 1.54) is 0 Å². The molecule has 0 radical (unpaired) electrons. The van der Waals surface area contributed by atoms with Gasteiger partial charge in [0.2, 0.25) is 0 Å². The number of hydrogen-bond donors (Lipinski definition) is 0. The van der Waals surface area contributed by atoms with Crippen molar-refractivity contribution in [3.8, 4) is 11.5 Å². The zero-order valence-corrected chi connectivity index (χ0v) is 26.0. The lowest BCUT2D eigenvalue weighted by Gasteiger charge is -2.17. The molecule has 0 saturated carbocycles. The molecule has 0 aromatic heterocycles. The van der Waals surface area contributed by atoms with Crippen molar-refractivity contribution in [3.63, 3.8) is 0 Å². The Kier molecular flexibility index (Phi) is 10.9. The zero-order valence-electron chi connectivity index (χ0n) is 13.3. The van der Waals surface area contributed by atoms with Crippen molar-refractivity contribution in [2.45, 2.75) is 12.8 Å². The highest BCUT2D eigenvalue weighted by Gasteiger charge is 2.18. The monoisotopic (exact) mass is 873 g/mol. The quantitative estimate of drug-likeness (QED) is 0.263. The van der Waals surface area contributed by atoms with Gasteiger partial charge < -0.3 is 4.74 Å². The molecule has 0 saturated heterocycles. The van der Waals surface area contributed by atoms with Gasteiger partial charge in [-0.2, -0.15) is 0 Å². The lowest BCUT2D eigenvalue weighted by atomic mass is 10.1. The number of halogens is 8. The van der Waals surface area contributed by atoms with Crippen molar-refractivity contribution in [3.05, 3.63) is 72.2 Å². The average molecular weight is 882 g/mol. The number of allylic oxidation sites excluding steroid dienone is 2. The highest BCUT2D eigenvalue weighted by atomic mass is 79.9. The van der Waals surface area contributed by atoms with E-state index in [0.29, 0.717) is 0 Å². The van der Waals surface area contributed by atoms with Crippen molar-refractivity contribution in [1.29, 1.82) is 0 Å². The van der Waals surface area contributed by atoms with Crippen molar-refractivity contribution in [2.24, 2.45) is 0 Å². The summed E-state index contributed by atoms with van der Waals surface area (Å²) >= 11 is 28.4. The summed E-state index contributed by atoms with van der Waals surface area (Å²) in [6.45, 7) is 0. The Balaban J connectivity index is 2.53. The summed E-state index contributed by atoms with van der Waals surface area (Å²) in [6.07, 6.45) is 5.59. The van der Waals surface area contributed by atoms with E-state index >= 15 is 0 Å². The van der Waals surface area contributed by atoms with Crippen LogP contribution in [0.4, 0.5) is 0 Å². The number of ether oxygens (including phenoxy) is 1. The summed E-state index contributed by atoms with van der Waals surface area (Å²) in [6, 6.07) is 4.04. The minimum Gasteiger partial charge on any atom is -0.455 e. The third kappa shape index (κ3) is 6.28. The topological polar surface area (TPSA) is 9.23 Å². The zero-order chi connectivity index (χ0) is 20.1. The van der Waals surface area contributed by atoms with Crippen molar-refractivity contribution in [1.82, 2.24) is 0 Å². The summed E-state index contributed by atoms with van der Waals surface area (Å²) in [7, 11) is 0. The Labute approximate surface area is 225 Å². The van der Waals surface area contributed by atoms with E-state index in [4.69, 9.17) is 4.74 Å². The molecule has 0 fully saturated rings. The maximum absolute atomic E-state index is 6.29. The smallest absolute Gasteiger partial charge is 0.143 e. The second kappa shape index (κ2) is 11.8. The van der Waals surface area contributed by atoms with Crippen LogP contribution in [0.1, 0.15) is 11.1 Å². The highest BCUT2D eigenvalue weighted by molar-refractivity contribution is 9.15. The fourth-order valence-electron chi connectivity index (χ4n) is 2.17. The van der Waals surface area contributed by atoms with Gasteiger partial charge in [-0.25, -0.2) is 0 Å². The van der Waals surface area contributed by atoms with Crippen LogP contribution in [0.3, 0.4) is 0 Å². The molecule has 0 atom stereocenters. The van der Waals surface area contributed by atoms with Crippen LogP contribution in [0, 0.1) is 0 Å². The van der Waals surface area contributed by atoms with Crippen LogP contribution in [0.25, 0.3) is 0 Å². The molecule has 0 aliphatic carbocycles. The van der Waals surface area contributed by atoms with Gasteiger partial charge in [0.05, 0.1) is 8.95 Å². The second-order valence-corrected chi connectivity index (χ2v) is 11.0. The first-order valence-corrected chi connectivity index (χ1v) is 13.9. The number of hydrogen-bond acceptors (Lipinski definition) is 1. The average Bonchev–Trinajstić information content (AvgIpc) is 2.66. The molecule has 0 unspecified atom stereocenters. The molecule has 9 heteroatoms. The Morgan fingerprint density at radius 1 is 0.593 bits per heavy atom. The first-order chi connectivity index (χ1) is 12.8. The lowest BCUT2D eigenvalue weighted by molar-refractivity contribution is 0.474. The van der Waals surface area contributed by atoms with Gasteiger partial charge in [0.15, 0.2) is 0 Å². The largest absolute Gasteiger partial charge is 0.455 e. The molecule has 2 rings (SSSR count). The maximum atomic E-state index is 6.29. The Bertz CT molecular complexity index is 832. The van der Waals surface area contributed by atoms with Crippen molar-refractivity contribution < 1.29 is 4.74 Å². The van der Waals surface area contributed by atoms with E-state index in [0.717, 1.165) is 62.3 Å². The summed E-state index contributed by atoms with van der Waals surface area (Å²) in [5.41, 5.74) is 2.20. The summed E-state index contributed by atoms with van der Waals surface area (Å²) < 4.78 is 11.8. The van der Waals surface area contributed by atoms with Gasteiger partial charge in [0, 0.05) is 17.9 Å². The van der Waals surface area contributed by atoms with Gasteiger partial charge in [-0.15, -0.1) is 0 Å². The van der Waals surface area contributed by atoms with E-state index in [2.05, 4.69) is 127 Å². The minimum absolute atomic E-state index is 0.722. The van der Waals surface area contributed by atoms with Crippen molar-refractivity contribution in [2.75, 3.05) is 0 Å². The van der Waals surface area contributed by atoms with E-state index in [1.807, 2.05) is 34.3 Å². The molecule has 0 amide bonds. The first-order valence-electron chi connectivity index (χ1n) is 7.32. The van der Waals surface area contributed by atoms with Crippen LogP contribution in [0.15, 0.2) is 61.1 Å². The molecule has 1 nitrogen and oxygen atoms in total. The SMILES string of the molecule is BrC=CCc1cc(Oc2cc(CC=CBr)c(Br)c(Br)c2Br)c(Br)c(Br)c1Br. The first kappa shape index (κ1) is 24.8. The van der Waals surface area contributed by atoms with Crippen LogP contribution in [-0.2, 0) is 12.8 Å². The van der Waals surface area contributed by atoms with Gasteiger partial charge in [-0.3, -0.25) is 0 Å². The van der Waals surface area contributed by atoms with Gasteiger partial charge in [0.1, 0.15) is 11.5 Å². The fraction of sp³-hybridized carbons (Fsp3) is 0.111.